The Bertz CT molecular complexity index is 657. The highest BCUT2D eigenvalue weighted by Gasteiger charge is 2.46. The van der Waals surface area contributed by atoms with Crippen LogP contribution in [0.3, 0.4) is 0 Å². The van der Waals surface area contributed by atoms with Gasteiger partial charge in [0.1, 0.15) is 0 Å². The first-order chi connectivity index (χ1) is 12.4. The van der Waals surface area contributed by atoms with E-state index in [-0.39, 0.29) is 23.3 Å². The van der Waals surface area contributed by atoms with Crippen LogP contribution >= 0.6 is 0 Å². The Hall–Kier alpha value is -1.78. The van der Waals surface area contributed by atoms with Gasteiger partial charge in [0.05, 0.1) is 5.56 Å². The van der Waals surface area contributed by atoms with Crippen molar-refractivity contribution >= 4 is 11.8 Å². The minimum Gasteiger partial charge on any atom is -0.354 e. The van der Waals surface area contributed by atoms with Crippen LogP contribution in [0.25, 0.3) is 0 Å². The Kier molecular flexibility index (Phi) is 5.44. The van der Waals surface area contributed by atoms with Crippen molar-refractivity contribution in [3.8, 4) is 0 Å². The van der Waals surface area contributed by atoms with Gasteiger partial charge in [-0.25, -0.2) is 0 Å². The van der Waals surface area contributed by atoms with E-state index in [1.807, 2.05) is 42.7 Å². The number of rotatable bonds is 6. The number of aryl methyl sites for hydroxylation is 1. The van der Waals surface area contributed by atoms with Crippen molar-refractivity contribution in [2.75, 3.05) is 13.6 Å². The lowest BCUT2D eigenvalue weighted by Gasteiger charge is -2.47. The van der Waals surface area contributed by atoms with Crippen LogP contribution in [0.5, 0.6) is 0 Å². The number of hydrogen-bond donors (Lipinski definition) is 1. The maximum atomic E-state index is 13.1. The summed E-state index contributed by atoms with van der Waals surface area (Å²) >= 11 is 0. The smallest absolute Gasteiger partial charge is 0.253 e. The van der Waals surface area contributed by atoms with Gasteiger partial charge in [-0.05, 0) is 63.9 Å². The first-order valence-corrected chi connectivity index (χ1v) is 10.1. The molecule has 0 aromatic carbocycles. The number of carbonyl (C=O) groups is 2. The van der Waals surface area contributed by atoms with Crippen molar-refractivity contribution in [2.45, 2.75) is 64.8 Å². The number of nitrogens with zero attached hydrogens (tertiary/aromatic N) is 2. The lowest BCUT2D eigenvalue weighted by atomic mass is 9.60. The average Bonchev–Trinajstić information content (AvgIpc) is 3.03. The number of likely N-dealkylation sites (N-methyl/N-ethyl adjacent to an activating group) is 1. The largest absolute Gasteiger partial charge is 0.354 e. The van der Waals surface area contributed by atoms with Gasteiger partial charge in [-0.2, -0.15) is 0 Å². The molecular formula is C21H33N3O2. The minimum atomic E-state index is -0.123. The highest BCUT2D eigenvalue weighted by Crippen LogP contribution is 2.51. The monoisotopic (exact) mass is 359 g/mol. The maximum Gasteiger partial charge on any atom is 0.253 e. The topological polar surface area (TPSA) is 54.3 Å². The molecule has 5 heteroatoms. The highest BCUT2D eigenvalue weighted by atomic mass is 16.2. The minimum absolute atomic E-state index is 0.0489. The maximum absolute atomic E-state index is 13.1. The zero-order valence-corrected chi connectivity index (χ0v) is 16.7. The molecule has 3 fully saturated rings. The summed E-state index contributed by atoms with van der Waals surface area (Å²) < 4.78 is 1.99. The zero-order valence-electron chi connectivity index (χ0n) is 16.7. The molecule has 3 saturated carbocycles. The van der Waals surface area contributed by atoms with E-state index in [1.165, 1.54) is 19.3 Å². The second-order valence-corrected chi connectivity index (χ2v) is 8.46. The van der Waals surface area contributed by atoms with Crippen LogP contribution in [-0.4, -0.2) is 40.9 Å². The molecule has 0 saturated heterocycles. The molecule has 0 spiro atoms. The van der Waals surface area contributed by atoms with Gasteiger partial charge in [-0.15, -0.1) is 0 Å². The zero-order chi connectivity index (χ0) is 18.9. The summed E-state index contributed by atoms with van der Waals surface area (Å²) in [4.78, 5) is 27.5. The molecule has 0 aliphatic heterocycles. The van der Waals surface area contributed by atoms with Gasteiger partial charge >= 0.3 is 0 Å². The van der Waals surface area contributed by atoms with Crippen molar-refractivity contribution in [3.63, 3.8) is 0 Å². The number of fused-ring (bicyclic) bond motifs is 3. The third kappa shape index (κ3) is 3.53. The fraction of sp³-hybridized carbons (Fsp3) is 0.714. The predicted octanol–water partition coefficient (Wildman–Crippen LogP) is 3.13. The van der Waals surface area contributed by atoms with E-state index in [4.69, 9.17) is 0 Å². The normalized spacial score (nSPS) is 25.8. The van der Waals surface area contributed by atoms with Crippen LogP contribution in [0.15, 0.2) is 12.3 Å². The van der Waals surface area contributed by atoms with E-state index in [9.17, 15) is 9.59 Å². The first kappa shape index (κ1) is 19.0. The van der Waals surface area contributed by atoms with Crippen LogP contribution in [0.4, 0.5) is 0 Å². The van der Waals surface area contributed by atoms with Crippen LogP contribution in [0.2, 0.25) is 0 Å². The molecule has 1 aromatic rings. The summed E-state index contributed by atoms with van der Waals surface area (Å²) in [5, 5.41) is 3.07. The van der Waals surface area contributed by atoms with E-state index < -0.39 is 0 Å². The lowest BCUT2D eigenvalue weighted by Crippen LogP contribution is -2.50. The van der Waals surface area contributed by atoms with Gasteiger partial charge < -0.3 is 14.8 Å². The molecule has 1 heterocycles. The number of hydrogen-bond acceptors (Lipinski definition) is 2. The fourth-order valence-electron chi connectivity index (χ4n) is 5.02. The SMILES string of the molecule is CCc1c(C(=O)NC(C)CN(C)C(=O)C23CCC(CC2)CC3)ccn1C. The van der Waals surface area contributed by atoms with Gasteiger partial charge in [0.25, 0.3) is 5.91 Å². The Morgan fingerprint density at radius 2 is 1.92 bits per heavy atom. The van der Waals surface area contributed by atoms with E-state index in [0.717, 1.165) is 42.9 Å². The van der Waals surface area contributed by atoms with Gasteiger partial charge in [0.15, 0.2) is 0 Å². The molecule has 5 nitrogen and oxygen atoms in total. The van der Waals surface area contributed by atoms with Crippen molar-refractivity contribution in [1.29, 1.82) is 0 Å². The summed E-state index contributed by atoms with van der Waals surface area (Å²) in [6.07, 6.45) is 9.51. The molecule has 0 radical (unpaired) electrons. The van der Waals surface area contributed by atoms with Gasteiger partial charge in [0.2, 0.25) is 5.91 Å². The van der Waals surface area contributed by atoms with E-state index >= 15 is 0 Å². The molecule has 2 amide bonds. The van der Waals surface area contributed by atoms with Crippen LogP contribution < -0.4 is 5.32 Å². The van der Waals surface area contributed by atoms with Crippen molar-refractivity contribution in [1.82, 2.24) is 14.8 Å². The van der Waals surface area contributed by atoms with E-state index in [2.05, 4.69) is 12.2 Å². The van der Waals surface area contributed by atoms with Gasteiger partial charge in [-0.1, -0.05) is 6.92 Å². The van der Waals surface area contributed by atoms with Crippen molar-refractivity contribution < 1.29 is 9.59 Å². The predicted molar refractivity (Wildman–Crippen MR) is 103 cm³/mol. The average molecular weight is 360 g/mol. The molecule has 1 aromatic heterocycles. The van der Waals surface area contributed by atoms with Gasteiger partial charge in [0, 0.05) is 44.0 Å². The summed E-state index contributed by atoms with van der Waals surface area (Å²) in [5.74, 6) is 1.09. The third-order valence-corrected chi connectivity index (χ3v) is 6.60. The molecule has 3 aliphatic rings. The lowest BCUT2D eigenvalue weighted by molar-refractivity contribution is -0.147. The molecule has 1 unspecified atom stereocenters. The number of amides is 2. The molecule has 1 N–H and O–H groups in total. The Labute approximate surface area is 157 Å². The van der Waals surface area contributed by atoms with Crippen LogP contribution in [0, 0.1) is 11.3 Å². The fourth-order valence-corrected chi connectivity index (χ4v) is 5.02. The van der Waals surface area contributed by atoms with E-state index in [1.54, 1.807) is 0 Å². The standard InChI is InChI=1S/C21H33N3O2/c1-5-18-17(9-13-23(18)3)19(25)22-15(2)14-24(4)20(26)21-10-6-16(7-11-21)8-12-21/h9,13,15-16H,5-8,10-12,14H2,1-4H3,(H,22,25). The second-order valence-electron chi connectivity index (χ2n) is 8.46. The molecule has 144 valence electrons. The quantitative estimate of drug-likeness (QED) is 0.848. The summed E-state index contributed by atoms with van der Waals surface area (Å²) in [6.45, 7) is 4.59. The van der Waals surface area contributed by atoms with Gasteiger partial charge in [-0.3, -0.25) is 9.59 Å². The molecule has 3 aliphatic carbocycles. The number of carbonyl (C=O) groups excluding carboxylic acids is 2. The molecule has 26 heavy (non-hydrogen) atoms. The van der Waals surface area contributed by atoms with Crippen molar-refractivity contribution in [3.05, 3.63) is 23.5 Å². The van der Waals surface area contributed by atoms with Crippen LogP contribution in [-0.2, 0) is 18.3 Å². The molecule has 4 rings (SSSR count). The number of nitrogens with one attached hydrogen (secondary N) is 1. The summed E-state index contributed by atoms with van der Waals surface area (Å²) in [6, 6.07) is 1.80. The first-order valence-electron chi connectivity index (χ1n) is 10.1. The summed E-state index contributed by atoms with van der Waals surface area (Å²) in [7, 11) is 3.85. The Morgan fingerprint density at radius 1 is 1.31 bits per heavy atom. The number of aromatic nitrogens is 1. The Balaban J connectivity index is 1.58. The molecular weight excluding hydrogens is 326 g/mol. The van der Waals surface area contributed by atoms with E-state index in [0.29, 0.717) is 6.54 Å². The Morgan fingerprint density at radius 3 is 2.50 bits per heavy atom. The highest BCUT2D eigenvalue weighted by molar-refractivity contribution is 5.95. The second kappa shape index (κ2) is 7.45. The molecule has 1 atom stereocenters. The van der Waals surface area contributed by atoms with Crippen molar-refractivity contribution in [2.24, 2.45) is 18.4 Å². The summed E-state index contributed by atoms with van der Waals surface area (Å²) in [5.41, 5.74) is 1.65. The molecule has 2 bridgehead atoms. The third-order valence-electron chi connectivity index (χ3n) is 6.60. The van der Waals surface area contributed by atoms with Crippen LogP contribution in [0.1, 0.15) is 68.4 Å².